The first kappa shape index (κ1) is 14.5. The first-order valence-electron chi connectivity index (χ1n) is 6.96. The Bertz CT molecular complexity index is 245. The molecule has 1 rings (SSSR count). The monoisotopic (exact) mass is 240 g/mol. The topological polar surface area (TPSA) is 41.1 Å². The molecule has 2 atom stereocenters. The molecule has 1 saturated heterocycles. The van der Waals surface area contributed by atoms with Gasteiger partial charge < -0.3 is 10.6 Å². The zero-order valence-corrected chi connectivity index (χ0v) is 11.8. The maximum atomic E-state index is 11.9. The van der Waals surface area contributed by atoms with Crippen LogP contribution in [0.25, 0.3) is 0 Å². The van der Waals surface area contributed by atoms with Gasteiger partial charge in [-0.25, -0.2) is 0 Å². The molecule has 0 aromatic carbocycles. The molecule has 0 aromatic rings. The third kappa shape index (κ3) is 5.07. The van der Waals surface area contributed by atoms with E-state index < -0.39 is 0 Å². The minimum atomic E-state index is -0.0678. The first-order valence-corrected chi connectivity index (χ1v) is 6.96. The van der Waals surface area contributed by atoms with E-state index in [1.165, 1.54) is 12.8 Å². The number of piperidine rings is 1. The molecular weight excluding hydrogens is 212 g/mol. The Kier molecular flexibility index (Phi) is 5.44. The van der Waals surface area contributed by atoms with Crippen molar-refractivity contribution in [1.29, 1.82) is 0 Å². The second-order valence-corrected chi connectivity index (χ2v) is 6.07. The van der Waals surface area contributed by atoms with E-state index in [0.717, 1.165) is 19.5 Å². The van der Waals surface area contributed by atoms with Crippen molar-refractivity contribution in [1.82, 2.24) is 10.6 Å². The molecule has 1 fully saturated rings. The van der Waals surface area contributed by atoms with Gasteiger partial charge in [-0.15, -0.1) is 0 Å². The van der Waals surface area contributed by atoms with Gasteiger partial charge >= 0.3 is 0 Å². The van der Waals surface area contributed by atoms with Crippen molar-refractivity contribution in [3.8, 4) is 0 Å². The van der Waals surface area contributed by atoms with E-state index in [2.05, 4.69) is 38.3 Å². The second-order valence-electron chi connectivity index (χ2n) is 6.07. The van der Waals surface area contributed by atoms with Gasteiger partial charge in [0.15, 0.2) is 0 Å². The second kappa shape index (κ2) is 6.39. The highest BCUT2D eigenvalue weighted by Gasteiger charge is 2.24. The third-order valence-corrected chi connectivity index (χ3v) is 4.01. The smallest absolute Gasteiger partial charge is 0.220 e. The molecule has 0 bridgehead atoms. The normalized spacial score (nSPS) is 23.2. The summed E-state index contributed by atoms with van der Waals surface area (Å²) in [5.74, 6) is 1.35. The molecule has 1 amide bonds. The molecule has 0 aromatic heterocycles. The Morgan fingerprint density at radius 1 is 1.53 bits per heavy atom. The fourth-order valence-corrected chi connectivity index (χ4v) is 2.34. The van der Waals surface area contributed by atoms with Crippen LogP contribution in [0.4, 0.5) is 0 Å². The van der Waals surface area contributed by atoms with Crippen LogP contribution in [0.5, 0.6) is 0 Å². The fourth-order valence-electron chi connectivity index (χ4n) is 2.34. The lowest BCUT2D eigenvalue weighted by molar-refractivity contribution is -0.124. The minimum Gasteiger partial charge on any atom is -0.351 e. The van der Waals surface area contributed by atoms with E-state index in [1.807, 2.05) is 0 Å². The number of carbonyl (C=O) groups is 1. The molecule has 100 valence electrons. The van der Waals surface area contributed by atoms with Crippen LogP contribution < -0.4 is 10.6 Å². The molecule has 1 aliphatic heterocycles. The molecule has 0 radical (unpaired) electrons. The van der Waals surface area contributed by atoms with Crippen molar-refractivity contribution in [2.75, 3.05) is 13.1 Å². The molecule has 0 saturated carbocycles. The van der Waals surface area contributed by atoms with Crippen molar-refractivity contribution in [3.05, 3.63) is 0 Å². The molecule has 0 aliphatic carbocycles. The van der Waals surface area contributed by atoms with Crippen molar-refractivity contribution in [3.63, 3.8) is 0 Å². The quantitative estimate of drug-likeness (QED) is 0.774. The van der Waals surface area contributed by atoms with Gasteiger partial charge in [-0.05, 0) is 58.0 Å². The highest BCUT2D eigenvalue weighted by atomic mass is 16.1. The molecule has 3 heteroatoms. The lowest BCUT2D eigenvalue weighted by Gasteiger charge is -2.30. The SMILES string of the molecule is CCC(C)(C)NC(=O)CC(C)C1CCCNC1. The van der Waals surface area contributed by atoms with Crippen LogP contribution in [-0.2, 0) is 4.79 Å². The molecule has 1 aliphatic rings. The van der Waals surface area contributed by atoms with Gasteiger partial charge in [0.2, 0.25) is 5.91 Å². The van der Waals surface area contributed by atoms with Crippen LogP contribution >= 0.6 is 0 Å². The van der Waals surface area contributed by atoms with Crippen LogP contribution in [0.2, 0.25) is 0 Å². The largest absolute Gasteiger partial charge is 0.351 e. The predicted octanol–water partition coefficient (Wildman–Crippen LogP) is 2.32. The Balaban J connectivity index is 2.34. The zero-order chi connectivity index (χ0) is 12.9. The van der Waals surface area contributed by atoms with Gasteiger partial charge in [0, 0.05) is 12.0 Å². The first-order chi connectivity index (χ1) is 7.94. The third-order valence-electron chi connectivity index (χ3n) is 4.01. The summed E-state index contributed by atoms with van der Waals surface area (Å²) in [6, 6.07) is 0. The molecule has 0 spiro atoms. The van der Waals surface area contributed by atoms with Crippen LogP contribution in [0.1, 0.15) is 53.4 Å². The van der Waals surface area contributed by atoms with Crippen molar-refractivity contribution in [2.45, 2.75) is 58.9 Å². The molecule has 2 N–H and O–H groups in total. The molecule has 3 nitrogen and oxygen atoms in total. The van der Waals surface area contributed by atoms with Gasteiger partial charge in [0.1, 0.15) is 0 Å². The van der Waals surface area contributed by atoms with Crippen LogP contribution in [0.15, 0.2) is 0 Å². The predicted molar refractivity (Wildman–Crippen MR) is 71.9 cm³/mol. The highest BCUT2D eigenvalue weighted by molar-refractivity contribution is 5.76. The van der Waals surface area contributed by atoms with Gasteiger partial charge in [-0.2, -0.15) is 0 Å². The van der Waals surface area contributed by atoms with Crippen LogP contribution in [0, 0.1) is 11.8 Å². The number of hydrogen-bond acceptors (Lipinski definition) is 2. The van der Waals surface area contributed by atoms with Crippen LogP contribution in [-0.4, -0.2) is 24.5 Å². The number of rotatable bonds is 5. The maximum Gasteiger partial charge on any atom is 0.220 e. The molecule has 17 heavy (non-hydrogen) atoms. The van der Waals surface area contributed by atoms with Gasteiger partial charge in [-0.3, -0.25) is 4.79 Å². The Morgan fingerprint density at radius 2 is 2.24 bits per heavy atom. The van der Waals surface area contributed by atoms with Crippen LogP contribution in [0.3, 0.4) is 0 Å². The maximum absolute atomic E-state index is 11.9. The number of carbonyl (C=O) groups excluding carboxylic acids is 1. The number of hydrogen-bond donors (Lipinski definition) is 2. The lowest BCUT2D eigenvalue weighted by atomic mass is 9.85. The van der Waals surface area contributed by atoms with E-state index in [0.29, 0.717) is 18.3 Å². The average Bonchev–Trinajstić information content (AvgIpc) is 2.29. The van der Waals surface area contributed by atoms with Gasteiger partial charge in [0.25, 0.3) is 0 Å². The molecule has 2 unspecified atom stereocenters. The molecular formula is C14H28N2O. The summed E-state index contributed by atoms with van der Waals surface area (Å²) in [5, 5.41) is 6.53. The summed E-state index contributed by atoms with van der Waals surface area (Å²) in [6.07, 6.45) is 4.14. The van der Waals surface area contributed by atoms with Crippen molar-refractivity contribution < 1.29 is 4.79 Å². The number of nitrogens with one attached hydrogen (secondary N) is 2. The summed E-state index contributed by atoms with van der Waals surface area (Å²) >= 11 is 0. The van der Waals surface area contributed by atoms with Gasteiger partial charge in [0.05, 0.1) is 0 Å². The van der Waals surface area contributed by atoms with E-state index in [-0.39, 0.29) is 11.4 Å². The zero-order valence-electron chi connectivity index (χ0n) is 11.8. The summed E-state index contributed by atoms with van der Waals surface area (Å²) in [6.45, 7) is 10.7. The highest BCUT2D eigenvalue weighted by Crippen LogP contribution is 2.22. The van der Waals surface area contributed by atoms with E-state index in [4.69, 9.17) is 0 Å². The average molecular weight is 240 g/mol. The molecule has 1 heterocycles. The van der Waals surface area contributed by atoms with Gasteiger partial charge in [-0.1, -0.05) is 13.8 Å². The summed E-state index contributed by atoms with van der Waals surface area (Å²) in [4.78, 5) is 11.9. The standard InChI is InChI=1S/C14H28N2O/c1-5-14(3,4)16-13(17)9-11(2)12-7-6-8-15-10-12/h11-12,15H,5-10H2,1-4H3,(H,16,17). The fraction of sp³-hybridized carbons (Fsp3) is 0.929. The summed E-state index contributed by atoms with van der Waals surface area (Å²) in [7, 11) is 0. The van der Waals surface area contributed by atoms with E-state index >= 15 is 0 Å². The van der Waals surface area contributed by atoms with E-state index in [9.17, 15) is 4.79 Å². The Morgan fingerprint density at radius 3 is 2.76 bits per heavy atom. The van der Waals surface area contributed by atoms with Crippen molar-refractivity contribution >= 4 is 5.91 Å². The lowest BCUT2D eigenvalue weighted by Crippen LogP contribution is -2.44. The Hall–Kier alpha value is -0.570. The minimum absolute atomic E-state index is 0.0678. The van der Waals surface area contributed by atoms with E-state index in [1.54, 1.807) is 0 Å². The summed E-state index contributed by atoms with van der Waals surface area (Å²) < 4.78 is 0. The van der Waals surface area contributed by atoms with Crippen molar-refractivity contribution in [2.24, 2.45) is 11.8 Å². The number of amides is 1. The Labute approximate surface area is 106 Å². The summed E-state index contributed by atoms with van der Waals surface area (Å²) in [5.41, 5.74) is -0.0678.